The Morgan fingerprint density at radius 1 is 1.26 bits per heavy atom. The van der Waals surface area contributed by atoms with Gasteiger partial charge in [-0.05, 0) is 41.8 Å². The minimum atomic E-state index is -0.0587. The molecular formula is C19H18N2O2. The summed E-state index contributed by atoms with van der Waals surface area (Å²) >= 11 is 0. The van der Waals surface area contributed by atoms with E-state index in [4.69, 9.17) is 4.74 Å². The van der Waals surface area contributed by atoms with Crippen molar-refractivity contribution in [1.82, 2.24) is 9.78 Å². The average molecular weight is 306 g/mol. The van der Waals surface area contributed by atoms with Gasteiger partial charge in [0.15, 0.2) is 0 Å². The lowest BCUT2D eigenvalue weighted by molar-refractivity contribution is 0.0898. The topological polar surface area (TPSA) is 44.1 Å². The molecule has 1 aromatic carbocycles. The molecule has 0 atom stereocenters. The lowest BCUT2D eigenvalue weighted by Crippen LogP contribution is -2.14. The van der Waals surface area contributed by atoms with Crippen LogP contribution in [0.5, 0.6) is 5.75 Å². The van der Waals surface area contributed by atoms with Gasteiger partial charge in [0, 0.05) is 6.20 Å². The molecule has 0 radical (unpaired) electrons. The summed E-state index contributed by atoms with van der Waals surface area (Å²) in [5.41, 5.74) is 2.95. The van der Waals surface area contributed by atoms with Crippen LogP contribution in [0.1, 0.15) is 22.5 Å². The van der Waals surface area contributed by atoms with Crippen molar-refractivity contribution in [3.63, 3.8) is 0 Å². The predicted octanol–water partition coefficient (Wildman–Crippen LogP) is 3.67. The minimum Gasteiger partial charge on any atom is -0.497 e. The molecule has 0 unspecified atom stereocenters. The number of hydrogen-bond donors (Lipinski definition) is 0. The Morgan fingerprint density at radius 2 is 2.09 bits per heavy atom. The molecule has 116 valence electrons. The summed E-state index contributed by atoms with van der Waals surface area (Å²) in [4.78, 5) is 12.3. The molecule has 1 aliphatic carbocycles. The molecule has 0 saturated heterocycles. The van der Waals surface area contributed by atoms with Crippen molar-refractivity contribution in [2.75, 3.05) is 7.11 Å². The fourth-order valence-electron chi connectivity index (χ4n) is 2.34. The van der Waals surface area contributed by atoms with E-state index in [-0.39, 0.29) is 5.91 Å². The van der Waals surface area contributed by atoms with E-state index in [0.29, 0.717) is 6.42 Å². The van der Waals surface area contributed by atoms with Gasteiger partial charge in [-0.3, -0.25) is 4.79 Å². The molecule has 0 saturated carbocycles. The van der Waals surface area contributed by atoms with Crippen molar-refractivity contribution in [2.45, 2.75) is 12.8 Å². The highest BCUT2D eigenvalue weighted by Gasteiger charge is 2.08. The first-order valence-electron chi connectivity index (χ1n) is 7.50. The first-order valence-corrected chi connectivity index (χ1v) is 7.50. The smallest absolute Gasteiger partial charge is 0.251 e. The molecule has 1 aliphatic rings. The molecular weight excluding hydrogens is 288 g/mol. The number of benzene rings is 1. The molecule has 4 nitrogen and oxygen atoms in total. The number of ether oxygens (including phenoxy) is 1. The van der Waals surface area contributed by atoms with Crippen molar-refractivity contribution in [2.24, 2.45) is 0 Å². The highest BCUT2D eigenvalue weighted by atomic mass is 16.5. The third-order valence-electron chi connectivity index (χ3n) is 3.65. The van der Waals surface area contributed by atoms with Crippen LogP contribution in [0, 0.1) is 0 Å². The Labute approximate surface area is 135 Å². The fraction of sp³-hybridized carbons (Fsp3) is 0.158. The standard InChI is InChI=1S/C19H18N2O2/c1-23-18-10-7-16(8-11-18)14-19(22)21-13-12-17(20-21)9-6-15-4-2-3-5-15/h2-4,6-13H,5,14H2,1H3/b9-6+. The minimum absolute atomic E-state index is 0.0587. The van der Waals surface area contributed by atoms with Crippen LogP contribution < -0.4 is 4.74 Å². The van der Waals surface area contributed by atoms with Gasteiger partial charge in [-0.1, -0.05) is 36.4 Å². The van der Waals surface area contributed by atoms with E-state index in [1.807, 2.05) is 48.6 Å². The van der Waals surface area contributed by atoms with E-state index in [0.717, 1.165) is 23.4 Å². The number of allylic oxidation sites excluding steroid dienone is 5. The lowest BCUT2D eigenvalue weighted by atomic mass is 10.1. The highest BCUT2D eigenvalue weighted by molar-refractivity contribution is 5.80. The van der Waals surface area contributed by atoms with Gasteiger partial charge in [-0.15, -0.1) is 0 Å². The number of rotatable bonds is 5. The zero-order valence-electron chi connectivity index (χ0n) is 13.0. The molecule has 1 heterocycles. The van der Waals surface area contributed by atoms with E-state index in [1.54, 1.807) is 13.3 Å². The van der Waals surface area contributed by atoms with Crippen LogP contribution >= 0.6 is 0 Å². The Bertz CT molecular complexity index is 780. The van der Waals surface area contributed by atoms with Gasteiger partial charge in [-0.2, -0.15) is 5.10 Å². The summed E-state index contributed by atoms with van der Waals surface area (Å²) in [7, 11) is 1.62. The quantitative estimate of drug-likeness (QED) is 0.846. The lowest BCUT2D eigenvalue weighted by Gasteiger charge is -2.03. The number of carbonyl (C=O) groups is 1. The molecule has 23 heavy (non-hydrogen) atoms. The molecule has 2 aromatic rings. The zero-order chi connectivity index (χ0) is 16.1. The average Bonchev–Trinajstić information content (AvgIpc) is 3.25. The van der Waals surface area contributed by atoms with Gasteiger partial charge in [0.1, 0.15) is 5.75 Å². The number of nitrogens with zero attached hydrogens (tertiary/aromatic N) is 2. The number of aromatic nitrogens is 2. The van der Waals surface area contributed by atoms with Gasteiger partial charge in [0.25, 0.3) is 5.91 Å². The third-order valence-corrected chi connectivity index (χ3v) is 3.65. The second kappa shape index (κ2) is 6.92. The summed E-state index contributed by atoms with van der Waals surface area (Å²) in [6.45, 7) is 0. The van der Waals surface area contributed by atoms with Crippen LogP contribution in [0.4, 0.5) is 0 Å². The first-order chi connectivity index (χ1) is 11.2. The summed E-state index contributed by atoms with van der Waals surface area (Å²) in [5.74, 6) is 0.722. The molecule has 1 aromatic heterocycles. The summed E-state index contributed by atoms with van der Waals surface area (Å²) in [6.07, 6.45) is 13.1. The van der Waals surface area contributed by atoms with E-state index in [1.165, 1.54) is 10.3 Å². The Kier molecular flexibility index (Phi) is 4.52. The Morgan fingerprint density at radius 3 is 2.78 bits per heavy atom. The van der Waals surface area contributed by atoms with Crippen LogP contribution in [0.3, 0.4) is 0 Å². The van der Waals surface area contributed by atoms with Gasteiger partial charge in [0.05, 0.1) is 19.2 Å². The van der Waals surface area contributed by atoms with Gasteiger partial charge in [0.2, 0.25) is 0 Å². The van der Waals surface area contributed by atoms with E-state index in [2.05, 4.69) is 17.3 Å². The molecule has 4 heteroatoms. The maximum Gasteiger partial charge on any atom is 0.251 e. The molecule has 0 fully saturated rings. The molecule has 0 spiro atoms. The van der Waals surface area contributed by atoms with Gasteiger partial charge >= 0.3 is 0 Å². The van der Waals surface area contributed by atoms with Crippen LogP contribution in [0.2, 0.25) is 0 Å². The molecule has 0 aliphatic heterocycles. The second-order valence-corrected chi connectivity index (χ2v) is 5.31. The Balaban J connectivity index is 1.63. The Hall–Kier alpha value is -2.88. The van der Waals surface area contributed by atoms with Gasteiger partial charge < -0.3 is 4.74 Å². The van der Waals surface area contributed by atoms with E-state index >= 15 is 0 Å². The number of methoxy groups -OCH3 is 1. The van der Waals surface area contributed by atoms with Crippen molar-refractivity contribution >= 4 is 12.0 Å². The van der Waals surface area contributed by atoms with E-state index in [9.17, 15) is 4.79 Å². The van der Waals surface area contributed by atoms with Crippen LogP contribution in [0.25, 0.3) is 6.08 Å². The maximum atomic E-state index is 12.3. The van der Waals surface area contributed by atoms with E-state index < -0.39 is 0 Å². The highest BCUT2D eigenvalue weighted by Crippen LogP contribution is 2.14. The van der Waals surface area contributed by atoms with Crippen molar-refractivity contribution < 1.29 is 9.53 Å². The SMILES string of the molecule is COc1ccc(CC(=O)n2ccc(/C=C/C3=CC=CC3)n2)cc1. The predicted molar refractivity (Wildman–Crippen MR) is 90.4 cm³/mol. The van der Waals surface area contributed by atoms with Crippen molar-refractivity contribution in [3.8, 4) is 5.75 Å². The largest absolute Gasteiger partial charge is 0.497 e. The molecule has 3 rings (SSSR count). The summed E-state index contributed by atoms with van der Waals surface area (Å²) in [6, 6.07) is 9.32. The van der Waals surface area contributed by atoms with Crippen LogP contribution in [0.15, 0.2) is 66.4 Å². The van der Waals surface area contributed by atoms with Crippen molar-refractivity contribution in [3.05, 3.63) is 77.7 Å². The zero-order valence-corrected chi connectivity index (χ0v) is 13.0. The maximum absolute atomic E-state index is 12.3. The first kappa shape index (κ1) is 15.0. The summed E-state index contributed by atoms with van der Waals surface area (Å²) < 4.78 is 6.51. The summed E-state index contributed by atoms with van der Waals surface area (Å²) in [5, 5.41) is 4.31. The van der Waals surface area contributed by atoms with Crippen LogP contribution in [-0.2, 0) is 6.42 Å². The second-order valence-electron chi connectivity index (χ2n) is 5.31. The molecule has 0 N–H and O–H groups in total. The van der Waals surface area contributed by atoms with Crippen molar-refractivity contribution in [1.29, 1.82) is 0 Å². The molecule has 0 bridgehead atoms. The van der Waals surface area contributed by atoms with Crippen LogP contribution in [-0.4, -0.2) is 22.8 Å². The van der Waals surface area contributed by atoms with Gasteiger partial charge in [-0.25, -0.2) is 4.68 Å². The third kappa shape index (κ3) is 3.86. The number of carbonyl (C=O) groups excluding carboxylic acids is 1. The normalized spacial score (nSPS) is 13.5. The number of hydrogen-bond acceptors (Lipinski definition) is 3. The monoisotopic (exact) mass is 306 g/mol. The molecule has 0 amide bonds. The fourth-order valence-corrected chi connectivity index (χ4v) is 2.34.